The van der Waals surface area contributed by atoms with Crippen LogP contribution in [0.15, 0.2) is 115 Å². The fraction of sp³-hybridized carbons (Fsp3) is 0.265. The number of nitrogens with zero attached hydrogens (tertiary/aromatic N) is 1. The highest BCUT2D eigenvalue weighted by atomic mass is 16.1. The molecule has 7 rings (SSSR count). The van der Waals surface area contributed by atoms with E-state index >= 15 is 0 Å². The van der Waals surface area contributed by atoms with Crippen molar-refractivity contribution in [3.8, 4) is 0 Å². The van der Waals surface area contributed by atoms with E-state index in [-0.39, 0.29) is 23.9 Å². The van der Waals surface area contributed by atoms with Crippen molar-refractivity contribution >= 4 is 5.91 Å². The lowest BCUT2D eigenvalue weighted by atomic mass is 9.70. The number of carbonyl (C=O) groups is 1. The molecule has 0 spiro atoms. The number of benzene rings is 4. The smallest absolute Gasteiger partial charge is 0.251 e. The van der Waals surface area contributed by atoms with Crippen LogP contribution < -0.4 is 5.32 Å². The summed E-state index contributed by atoms with van der Waals surface area (Å²) in [4.78, 5) is 16.5. The molecule has 0 radical (unpaired) electrons. The van der Waals surface area contributed by atoms with Gasteiger partial charge in [0.25, 0.3) is 5.91 Å². The van der Waals surface area contributed by atoms with Crippen LogP contribution in [0.5, 0.6) is 0 Å². The molecule has 3 aliphatic rings. The highest BCUT2D eigenvalue weighted by Crippen LogP contribution is 2.42. The number of nitrogens with one attached hydrogen (secondary N) is 1. The van der Waals surface area contributed by atoms with Crippen LogP contribution in [0.1, 0.15) is 51.4 Å². The van der Waals surface area contributed by atoms with Crippen LogP contribution in [-0.4, -0.2) is 36.0 Å². The zero-order valence-corrected chi connectivity index (χ0v) is 21.2. The van der Waals surface area contributed by atoms with E-state index in [0.29, 0.717) is 5.92 Å². The maximum Gasteiger partial charge on any atom is 0.251 e. The molecule has 0 saturated carbocycles. The number of fused-ring (bicyclic) bond motifs is 3. The van der Waals surface area contributed by atoms with Gasteiger partial charge in [-0.1, -0.05) is 109 Å². The molecule has 37 heavy (non-hydrogen) atoms. The monoisotopic (exact) mass is 486 g/mol. The first-order valence-corrected chi connectivity index (χ1v) is 13.5. The van der Waals surface area contributed by atoms with Gasteiger partial charge in [0.05, 0.1) is 0 Å². The first-order valence-electron chi connectivity index (χ1n) is 13.5. The Morgan fingerprint density at radius 1 is 0.730 bits per heavy atom. The number of piperidine rings is 3. The minimum Gasteiger partial charge on any atom is -0.347 e. The number of hydrogen-bond acceptors (Lipinski definition) is 2. The van der Waals surface area contributed by atoms with Crippen LogP contribution >= 0.6 is 0 Å². The summed E-state index contributed by atoms with van der Waals surface area (Å²) < 4.78 is 0. The summed E-state index contributed by atoms with van der Waals surface area (Å²) in [5.41, 5.74) is 5.71. The Morgan fingerprint density at radius 2 is 1.27 bits per heavy atom. The summed E-state index contributed by atoms with van der Waals surface area (Å²) >= 11 is 0. The Morgan fingerprint density at radius 3 is 1.89 bits per heavy atom. The number of carbonyl (C=O) groups excluding carboxylic acids is 1. The number of rotatable bonds is 7. The molecule has 3 heteroatoms. The van der Waals surface area contributed by atoms with E-state index in [4.69, 9.17) is 0 Å². The summed E-state index contributed by atoms with van der Waals surface area (Å²) in [6.45, 7) is 2.20. The van der Waals surface area contributed by atoms with E-state index in [1.54, 1.807) is 0 Å². The molecule has 3 aliphatic heterocycles. The van der Waals surface area contributed by atoms with Gasteiger partial charge < -0.3 is 5.32 Å². The van der Waals surface area contributed by atoms with Crippen molar-refractivity contribution in [1.29, 1.82) is 0 Å². The fourth-order valence-corrected chi connectivity index (χ4v) is 6.55. The Kier molecular flexibility index (Phi) is 6.88. The van der Waals surface area contributed by atoms with Crippen LogP contribution in [0.25, 0.3) is 0 Å². The largest absolute Gasteiger partial charge is 0.347 e. The van der Waals surface area contributed by atoms with E-state index in [1.807, 2.05) is 24.3 Å². The summed E-state index contributed by atoms with van der Waals surface area (Å²) in [6.07, 6.45) is 3.04. The third-order valence-corrected chi connectivity index (χ3v) is 8.33. The van der Waals surface area contributed by atoms with Gasteiger partial charge in [-0.3, -0.25) is 9.69 Å². The lowest BCUT2D eigenvalue weighted by Crippen LogP contribution is -2.65. The van der Waals surface area contributed by atoms with Crippen LogP contribution in [-0.2, 0) is 6.42 Å². The van der Waals surface area contributed by atoms with Crippen molar-refractivity contribution in [3.63, 3.8) is 0 Å². The summed E-state index contributed by atoms with van der Waals surface area (Å²) in [7, 11) is 0. The van der Waals surface area contributed by atoms with Gasteiger partial charge in [-0.15, -0.1) is 0 Å². The zero-order valence-electron chi connectivity index (χ0n) is 21.2. The lowest BCUT2D eigenvalue weighted by molar-refractivity contribution is 0.00615. The van der Waals surface area contributed by atoms with E-state index in [9.17, 15) is 4.79 Å². The van der Waals surface area contributed by atoms with Crippen molar-refractivity contribution < 1.29 is 4.79 Å². The third-order valence-electron chi connectivity index (χ3n) is 8.33. The predicted octanol–water partition coefficient (Wildman–Crippen LogP) is 6.30. The summed E-state index contributed by atoms with van der Waals surface area (Å²) in [6, 6.07) is 40.5. The average molecular weight is 487 g/mol. The molecule has 1 amide bonds. The summed E-state index contributed by atoms with van der Waals surface area (Å²) in [5.74, 6) is 0.751. The van der Waals surface area contributed by atoms with Gasteiger partial charge >= 0.3 is 0 Å². The van der Waals surface area contributed by atoms with Crippen LogP contribution in [0.2, 0.25) is 0 Å². The molecule has 4 aromatic carbocycles. The molecule has 1 N–H and O–H groups in total. The van der Waals surface area contributed by atoms with Crippen molar-refractivity contribution in [3.05, 3.63) is 143 Å². The Balaban J connectivity index is 1.34. The van der Waals surface area contributed by atoms with E-state index in [1.165, 1.54) is 16.7 Å². The van der Waals surface area contributed by atoms with Crippen LogP contribution in [0.3, 0.4) is 0 Å². The molecule has 2 bridgehead atoms. The average Bonchev–Trinajstić information content (AvgIpc) is 2.97. The van der Waals surface area contributed by atoms with E-state index in [0.717, 1.165) is 43.5 Å². The van der Waals surface area contributed by atoms with Crippen molar-refractivity contribution in [2.24, 2.45) is 5.92 Å². The van der Waals surface area contributed by atoms with Gasteiger partial charge in [0, 0.05) is 23.6 Å². The standard InChI is InChI=1S/C34H34N2O/c37-34(30-19-11-10-18-29(30)24-25-12-4-1-5-13-25)35-32-28-20-22-36(23-21-28)33(32)31(26-14-6-2-7-15-26)27-16-8-3-9-17-27/h1-19,28,31-33H,20-24H2,(H,35,37)/t32-,33-/m1/s1. The van der Waals surface area contributed by atoms with E-state index in [2.05, 4.69) is 101 Å². The molecule has 0 aromatic heterocycles. The lowest BCUT2D eigenvalue weighted by Gasteiger charge is -2.54. The van der Waals surface area contributed by atoms with Crippen LogP contribution in [0, 0.1) is 5.92 Å². The van der Waals surface area contributed by atoms with Gasteiger partial charge in [-0.25, -0.2) is 0 Å². The molecule has 4 aromatic rings. The first kappa shape index (κ1) is 23.7. The molecule has 2 atom stereocenters. The number of hydrogen-bond donors (Lipinski definition) is 1. The second-order valence-corrected chi connectivity index (χ2v) is 10.5. The number of amides is 1. The van der Waals surface area contributed by atoms with Gasteiger partial charge in [-0.05, 0) is 66.6 Å². The fourth-order valence-electron chi connectivity index (χ4n) is 6.55. The molecule has 3 saturated heterocycles. The minimum atomic E-state index is 0.0511. The first-order chi connectivity index (χ1) is 18.3. The topological polar surface area (TPSA) is 32.3 Å². The Hall–Kier alpha value is -3.69. The van der Waals surface area contributed by atoms with Gasteiger partial charge in [0.1, 0.15) is 0 Å². The molecular formula is C34H34N2O. The van der Waals surface area contributed by atoms with E-state index < -0.39 is 0 Å². The second-order valence-electron chi connectivity index (χ2n) is 10.5. The molecule has 3 heterocycles. The Labute approximate surface area is 220 Å². The zero-order chi connectivity index (χ0) is 25.0. The quantitative estimate of drug-likeness (QED) is 0.332. The molecule has 0 unspecified atom stereocenters. The van der Waals surface area contributed by atoms with Crippen molar-refractivity contribution in [2.45, 2.75) is 37.3 Å². The molecule has 0 aliphatic carbocycles. The normalized spacial score (nSPS) is 22.6. The van der Waals surface area contributed by atoms with Gasteiger partial charge in [0.2, 0.25) is 0 Å². The highest BCUT2D eigenvalue weighted by molar-refractivity contribution is 5.96. The SMILES string of the molecule is O=C(N[C@@H]1C2CCN(CC2)[C@@H]1C(c1ccccc1)c1ccccc1)c1ccccc1Cc1ccccc1. The van der Waals surface area contributed by atoms with Crippen molar-refractivity contribution in [1.82, 2.24) is 10.2 Å². The van der Waals surface area contributed by atoms with Crippen molar-refractivity contribution in [2.75, 3.05) is 13.1 Å². The predicted molar refractivity (Wildman–Crippen MR) is 150 cm³/mol. The van der Waals surface area contributed by atoms with Gasteiger partial charge in [0.15, 0.2) is 0 Å². The maximum atomic E-state index is 13.9. The highest BCUT2D eigenvalue weighted by Gasteiger charge is 2.47. The van der Waals surface area contributed by atoms with Crippen LogP contribution in [0.4, 0.5) is 0 Å². The third kappa shape index (κ3) is 4.97. The summed E-state index contributed by atoms with van der Waals surface area (Å²) in [5, 5.41) is 3.58. The maximum absolute atomic E-state index is 13.9. The molecule has 3 fully saturated rings. The molecule has 186 valence electrons. The Bertz CT molecular complexity index is 1270. The second kappa shape index (κ2) is 10.7. The molecular weight excluding hydrogens is 452 g/mol. The minimum absolute atomic E-state index is 0.0511. The van der Waals surface area contributed by atoms with Gasteiger partial charge in [-0.2, -0.15) is 0 Å². The molecule has 3 nitrogen and oxygen atoms in total.